The number of carbonyl (C=O) groups excluding carboxylic acids is 1. The SMILES string of the molecule is CC1CCN(CC(O)CNC(=O)Nc2ccc(F)c(F)c2)CC1. The second-order valence-electron chi connectivity index (χ2n) is 6.10. The van der Waals surface area contributed by atoms with E-state index >= 15 is 0 Å². The van der Waals surface area contributed by atoms with Crippen LogP contribution in [0.3, 0.4) is 0 Å². The summed E-state index contributed by atoms with van der Waals surface area (Å²) in [6.07, 6.45) is 1.58. The molecule has 1 aliphatic heterocycles. The van der Waals surface area contributed by atoms with Crippen LogP contribution < -0.4 is 10.6 Å². The van der Waals surface area contributed by atoms with Crippen molar-refractivity contribution in [3.63, 3.8) is 0 Å². The van der Waals surface area contributed by atoms with Gasteiger partial charge in [0.1, 0.15) is 0 Å². The van der Waals surface area contributed by atoms with E-state index in [-0.39, 0.29) is 12.2 Å². The second-order valence-corrected chi connectivity index (χ2v) is 6.10. The summed E-state index contributed by atoms with van der Waals surface area (Å²) < 4.78 is 25.8. The van der Waals surface area contributed by atoms with Gasteiger partial charge in [-0.15, -0.1) is 0 Å². The number of aliphatic hydroxyl groups excluding tert-OH is 1. The van der Waals surface area contributed by atoms with E-state index in [0.29, 0.717) is 6.54 Å². The summed E-state index contributed by atoms with van der Waals surface area (Å²) in [5, 5.41) is 14.9. The minimum absolute atomic E-state index is 0.0988. The largest absolute Gasteiger partial charge is 0.390 e. The molecule has 0 saturated carbocycles. The molecule has 0 spiro atoms. The standard InChI is InChI=1S/C16H23F2N3O2/c1-11-4-6-21(7-5-11)10-13(22)9-19-16(23)20-12-2-3-14(17)15(18)8-12/h2-3,8,11,13,22H,4-7,9-10H2,1H3,(H2,19,20,23). The summed E-state index contributed by atoms with van der Waals surface area (Å²) in [7, 11) is 0. The molecule has 1 aromatic carbocycles. The number of hydrogen-bond donors (Lipinski definition) is 3. The molecule has 0 aromatic heterocycles. The van der Waals surface area contributed by atoms with Gasteiger partial charge in [-0.2, -0.15) is 0 Å². The molecule has 2 amide bonds. The molecule has 1 aliphatic rings. The fourth-order valence-electron chi connectivity index (χ4n) is 2.57. The van der Waals surface area contributed by atoms with Crippen molar-refractivity contribution in [2.24, 2.45) is 5.92 Å². The molecule has 1 saturated heterocycles. The lowest BCUT2D eigenvalue weighted by Crippen LogP contribution is -2.43. The Labute approximate surface area is 134 Å². The maximum atomic E-state index is 13.0. The molecule has 1 atom stereocenters. The summed E-state index contributed by atoms with van der Waals surface area (Å²) in [6.45, 7) is 4.75. The van der Waals surface area contributed by atoms with Crippen LogP contribution in [0.4, 0.5) is 19.3 Å². The van der Waals surface area contributed by atoms with Crippen molar-refractivity contribution in [1.82, 2.24) is 10.2 Å². The summed E-state index contributed by atoms with van der Waals surface area (Å²) in [5.74, 6) is -1.27. The maximum Gasteiger partial charge on any atom is 0.319 e. The summed E-state index contributed by atoms with van der Waals surface area (Å²) in [5.41, 5.74) is 0.154. The zero-order valence-electron chi connectivity index (χ0n) is 13.2. The Morgan fingerprint density at radius 2 is 2.04 bits per heavy atom. The van der Waals surface area contributed by atoms with Crippen LogP contribution in [0.2, 0.25) is 0 Å². The average molecular weight is 327 g/mol. The van der Waals surface area contributed by atoms with Gasteiger partial charge in [0, 0.05) is 24.8 Å². The fourth-order valence-corrected chi connectivity index (χ4v) is 2.57. The van der Waals surface area contributed by atoms with Gasteiger partial charge in [0.15, 0.2) is 11.6 Å². The number of hydrogen-bond acceptors (Lipinski definition) is 3. The van der Waals surface area contributed by atoms with Gasteiger partial charge in [0.05, 0.1) is 6.10 Å². The first kappa shape index (κ1) is 17.6. The molecule has 2 rings (SSSR count). The number of aliphatic hydroxyl groups is 1. The highest BCUT2D eigenvalue weighted by Gasteiger charge is 2.18. The molecule has 1 unspecified atom stereocenters. The molecule has 1 fully saturated rings. The Morgan fingerprint density at radius 1 is 1.35 bits per heavy atom. The molecular formula is C16H23F2N3O2. The van der Waals surface area contributed by atoms with Crippen LogP contribution in [0.25, 0.3) is 0 Å². The number of halogens is 2. The van der Waals surface area contributed by atoms with E-state index < -0.39 is 23.8 Å². The molecule has 0 radical (unpaired) electrons. The van der Waals surface area contributed by atoms with Gasteiger partial charge in [-0.05, 0) is 44.0 Å². The first-order valence-corrected chi connectivity index (χ1v) is 7.84. The number of amides is 2. The number of piperidine rings is 1. The smallest absolute Gasteiger partial charge is 0.319 e. The molecule has 0 aliphatic carbocycles. The molecular weight excluding hydrogens is 304 g/mol. The number of rotatable bonds is 5. The number of anilines is 1. The van der Waals surface area contributed by atoms with E-state index in [1.165, 1.54) is 6.07 Å². The molecule has 23 heavy (non-hydrogen) atoms. The van der Waals surface area contributed by atoms with Crippen molar-refractivity contribution in [1.29, 1.82) is 0 Å². The van der Waals surface area contributed by atoms with Crippen molar-refractivity contribution in [3.05, 3.63) is 29.8 Å². The topological polar surface area (TPSA) is 64.6 Å². The van der Waals surface area contributed by atoms with Crippen LogP contribution in [0.15, 0.2) is 18.2 Å². The molecule has 3 N–H and O–H groups in total. The lowest BCUT2D eigenvalue weighted by molar-refractivity contribution is 0.0924. The zero-order chi connectivity index (χ0) is 16.8. The monoisotopic (exact) mass is 327 g/mol. The van der Waals surface area contributed by atoms with Crippen LogP contribution in [0, 0.1) is 17.6 Å². The number of benzene rings is 1. The lowest BCUT2D eigenvalue weighted by atomic mass is 9.99. The van der Waals surface area contributed by atoms with Gasteiger partial charge in [0.2, 0.25) is 0 Å². The van der Waals surface area contributed by atoms with Crippen molar-refractivity contribution in [2.75, 3.05) is 31.5 Å². The van der Waals surface area contributed by atoms with E-state index in [1.54, 1.807) is 0 Å². The van der Waals surface area contributed by atoms with E-state index in [2.05, 4.69) is 22.5 Å². The van der Waals surface area contributed by atoms with Gasteiger partial charge >= 0.3 is 6.03 Å². The Hall–Kier alpha value is -1.73. The molecule has 1 aromatic rings. The fraction of sp³-hybridized carbons (Fsp3) is 0.562. The van der Waals surface area contributed by atoms with Crippen molar-refractivity contribution < 1.29 is 18.7 Å². The molecule has 1 heterocycles. The highest BCUT2D eigenvalue weighted by molar-refractivity contribution is 5.89. The number of urea groups is 1. The van der Waals surface area contributed by atoms with Crippen molar-refractivity contribution in [2.45, 2.75) is 25.9 Å². The molecule has 0 bridgehead atoms. The minimum atomic E-state index is -1.03. The van der Waals surface area contributed by atoms with Gasteiger partial charge in [0.25, 0.3) is 0 Å². The van der Waals surface area contributed by atoms with Crippen LogP contribution in [-0.2, 0) is 0 Å². The van der Waals surface area contributed by atoms with Crippen LogP contribution in [-0.4, -0.2) is 48.3 Å². The first-order chi connectivity index (χ1) is 10.9. The third-order valence-corrected chi connectivity index (χ3v) is 4.02. The van der Waals surface area contributed by atoms with Crippen LogP contribution >= 0.6 is 0 Å². The van der Waals surface area contributed by atoms with E-state index in [4.69, 9.17) is 0 Å². The molecule has 5 nitrogen and oxygen atoms in total. The highest BCUT2D eigenvalue weighted by atomic mass is 19.2. The molecule has 7 heteroatoms. The van der Waals surface area contributed by atoms with Crippen molar-refractivity contribution in [3.8, 4) is 0 Å². The predicted molar refractivity (Wildman–Crippen MR) is 84.2 cm³/mol. The van der Waals surface area contributed by atoms with E-state index in [0.717, 1.165) is 44.0 Å². The second kappa shape index (κ2) is 8.21. The van der Waals surface area contributed by atoms with E-state index in [9.17, 15) is 18.7 Å². The zero-order valence-corrected chi connectivity index (χ0v) is 13.2. The third-order valence-electron chi connectivity index (χ3n) is 4.02. The molecule has 128 valence electrons. The van der Waals surface area contributed by atoms with Gasteiger partial charge in [-0.25, -0.2) is 13.6 Å². The number of carbonyl (C=O) groups is 1. The summed E-state index contributed by atoms with van der Waals surface area (Å²) >= 11 is 0. The first-order valence-electron chi connectivity index (χ1n) is 7.84. The number of nitrogens with one attached hydrogen (secondary N) is 2. The van der Waals surface area contributed by atoms with Gasteiger partial charge < -0.3 is 20.6 Å². The summed E-state index contributed by atoms with van der Waals surface area (Å²) in [6, 6.07) is 2.54. The third kappa shape index (κ3) is 5.76. The normalized spacial score (nSPS) is 17.7. The predicted octanol–water partition coefficient (Wildman–Crippen LogP) is 2.18. The van der Waals surface area contributed by atoms with Crippen molar-refractivity contribution >= 4 is 11.7 Å². The summed E-state index contributed by atoms with van der Waals surface area (Å²) in [4.78, 5) is 13.9. The Balaban J connectivity index is 1.70. The average Bonchev–Trinajstić information content (AvgIpc) is 2.51. The Morgan fingerprint density at radius 3 is 2.70 bits per heavy atom. The number of likely N-dealkylation sites (tertiary alicyclic amines) is 1. The van der Waals surface area contributed by atoms with Crippen LogP contribution in [0.5, 0.6) is 0 Å². The minimum Gasteiger partial charge on any atom is -0.390 e. The maximum absolute atomic E-state index is 13.0. The Kier molecular flexibility index (Phi) is 6.29. The lowest BCUT2D eigenvalue weighted by Gasteiger charge is -2.31. The number of nitrogens with zero attached hydrogens (tertiary/aromatic N) is 1. The number of β-amino-alcohol motifs (C(OH)–C–C–N with tert-alkyl or cyclic N) is 1. The van der Waals surface area contributed by atoms with Crippen LogP contribution in [0.1, 0.15) is 19.8 Å². The quantitative estimate of drug-likeness (QED) is 0.777. The Bertz CT molecular complexity index is 534. The van der Waals surface area contributed by atoms with Gasteiger partial charge in [-0.1, -0.05) is 6.92 Å². The van der Waals surface area contributed by atoms with Gasteiger partial charge in [-0.3, -0.25) is 0 Å². The van der Waals surface area contributed by atoms with E-state index in [1.807, 2.05) is 0 Å². The highest BCUT2D eigenvalue weighted by Crippen LogP contribution is 2.16.